The highest BCUT2D eigenvalue weighted by Crippen LogP contribution is 2.24. The van der Waals surface area contributed by atoms with Crippen molar-refractivity contribution in [2.24, 2.45) is 5.92 Å². The van der Waals surface area contributed by atoms with Crippen LogP contribution in [-0.4, -0.2) is 11.9 Å². The highest BCUT2D eigenvalue weighted by molar-refractivity contribution is 5.79. The molecule has 1 aromatic rings. The Morgan fingerprint density at radius 2 is 2.06 bits per heavy atom. The molecule has 0 N–H and O–H groups in total. The van der Waals surface area contributed by atoms with Crippen LogP contribution in [0.1, 0.15) is 31.7 Å². The zero-order chi connectivity index (χ0) is 11.4. The molecule has 1 aliphatic rings. The van der Waals surface area contributed by atoms with E-state index >= 15 is 0 Å². The lowest BCUT2D eigenvalue weighted by atomic mass is 9.87. The Morgan fingerprint density at radius 3 is 2.75 bits per heavy atom. The van der Waals surface area contributed by atoms with Gasteiger partial charge in [-0.05, 0) is 17.9 Å². The number of rotatable bonds is 3. The second-order valence-corrected chi connectivity index (χ2v) is 4.59. The summed E-state index contributed by atoms with van der Waals surface area (Å²) in [4.78, 5) is 11.2. The maximum absolute atomic E-state index is 11.2. The molecule has 0 radical (unpaired) electrons. The third-order valence-corrected chi connectivity index (χ3v) is 3.20. The molecule has 2 heteroatoms. The third kappa shape index (κ3) is 2.92. The molecular weight excluding hydrogens is 200 g/mol. The number of benzene rings is 1. The van der Waals surface area contributed by atoms with E-state index in [0.29, 0.717) is 31.1 Å². The van der Waals surface area contributed by atoms with E-state index in [1.807, 2.05) is 18.2 Å². The molecule has 1 saturated carbocycles. The second-order valence-electron chi connectivity index (χ2n) is 4.59. The molecule has 1 unspecified atom stereocenters. The van der Waals surface area contributed by atoms with Gasteiger partial charge in [0.2, 0.25) is 0 Å². The molecule has 16 heavy (non-hydrogen) atoms. The molecule has 0 heterocycles. The molecule has 0 amide bonds. The van der Waals surface area contributed by atoms with E-state index in [0.717, 1.165) is 6.42 Å². The van der Waals surface area contributed by atoms with E-state index in [4.69, 9.17) is 4.74 Å². The van der Waals surface area contributed by atoms with Crippen LogP contribution in [-0.2, 0) is 16.1 Å². The van der Waals surface area contributed by atoms with Gasteiger partial charge in [0.15, 0.2) is 0 Å². The average molecular weight is 218 g/mol. The van der Waals surface area contributed by atoms with Gasteiger partial charge in [0.1, 0.15) is 5.78 Å². The standard InChI is InChI=1S/C14H18O2/c1-11-9-13(15)7-8-14(11)16-10-12-5-3-2-4-6-12/h2-6,11,14H,7-10H2,1H3/t11?,14-/m0/s1. The first-order valence-electron chi connectivity index (χ1n) is 5.93. The predicted molar refractivity (Wildman–Crippen MR) is 63.0 cm³/mol. The molecule has 0 aliphatic heterocycles. The molecule has 1 aliphatic carbocycles. The van der Waals surface area contributed by atoms with Gasteiger partial charge in [0.25, 0.3) is 0 Å². The second kappa shape index (κ2) is 5.26. The van der Waals surface area contributed by atoms with Gasteiger partial charge in [-0.1, -0.05) is 37.3 Å². The van der Waals surface area contributed by atoms with E-state index < -0.39 is 0 Å². The van der Waals surface area contributed by atoms with E-state index in [1.54, 1.807) is 0 Å². The van der Waals surface area contributed by atoms with E-state index in [-0.39, 0.29) is 6.10 Å². The van der Waals surface area contributed by atoms with Gasteiger partial charge < -0.3 is 4.74 Å². The monoisotopic (exact) mass is 218 g/mol. The quantitative estimate of drug-likeness (QED) is 0.779. The molecule has 0 spiro atoms. The number of ketones is 1. The number of Topliss-reactive ketones (excluding diaryl/α,β-unsaturated/α-hetero) is 1. The van der Waals surface area contributed by atoms with Gasteiger partial charge in [-0.25, -0.2) is 0 Å². The van der Waals surface area contributed by atoms with Crippen molar-refractivity contribution in [3.8, 4) is 0 Å². The minimum Gasteiger partial charge on any atom is -0.373 e. The van der Waals surface area contributed by atoms with Gasteiger partial charge in [0, 0.05) is 12.8 Å². The summed E-state index contributed by atoms with van der Waals surface area (Å²) >= 11 is 0. The minimum absolute atomic E-state index is 0.248. The lowest BCUT2D eigenvalue weighted by Crippen LogP contribution is -2.29. The first-order valence-corrected chi connectivity index (χ1v) is 5.93. The van der Waals surface area contributed by atoms with Crippen LogP contribution in [0.4, 0.5) is 0 Å². The molecule has 2 atom stereocenters. The maximum Gasteiger partial charge on any atom is 0.133 e. The Kier molecular flexibility index (Phi) is 3.73. The summed E-state index contributed by atoms with van der Waals surface area (Å²) in [6, 6.07) is 10.2. The Balaban J connectivity index is 1.84. The molecular formula is C14H18O2. The fraction of sp³-hybridized carbons (Fsp3) is 0.500. The molecule has 2 rings (SSSR count). The van der Waals surface area contributed by atoms with Crippen molar-refractivity contribution in [3.63, 3.8) is 0 Å². The van der Waals surface area contributed by atoms with Crippen LogP contribution in [0.3, 0.4) is 0 Å². The van der Waals surface area contributed by atoms with Crippen LogP contribution in [0.5, 0.6) is 0 Å². The Morgan fingerprint density at radius 1 is 1.31 bits per heavy atom. The average Bonchev–Trinajstić information content (AvgIpc) is 2.29. The van der Waals surface area contributed by atoms with Crippen molar-refractivity contribution in [1.82, 2.24) is 0 Å². The predicted octanol–water partition coefficient (Wildman–Crippen LogP) is 2.96. The molecule has 86 valence electrons. The summed E-state index contributed by atoms with van der Waals surface area (Å²) in [7, 11) is 0. The van der Waals surface area contributed by atoms with Crippen LogP contribution in [0.2, 0.25) is 0 Å². The fourth-order valence-electron chi connectivity index (χ4n) is 2.21. The number of ether oxygens (including phenoxy) is 1. The van der Waals surface area contributed by atoms with Crippen LogP contribution < -0.4 is 0 Å². The molecule has 2 nitrogen and oxygen atoms in total. The van der Waals surface area contributed by atoms with Gasteiger partial charge in [-0.3, -0.25) is 4.79 Å². The fourth-order valence-corrected chi connectivity index (χ4v) is 2.21. The largest absolute Gasteiger partial charge is 0.373 e. The summed E-state index contributed by atoms with van der Waals surface area (Å²) in [5.41, 5.74) is 1.20. The number of carbonyl (C=O) groups is 1. The third-order valence-electron chi connectivity index (χ3n) is 3.20. The lowest BCUT2D eigenvalue weighted by molar-refractivity contribution is -0.126. The Labute approximate surface area is 96.6 Å². The Bertz CT molecular complexity index is 345. The highest BCUT2D eigenvalue weighted by atomic mass is 16.5. The van der Waals surface area contributed by atoms with Gasteiger partial charge in [0.05, 0.1) is 12.7 Å². The topological polar surface area (TPSA) is 26.3 Å². The van der Waals surface area contributed by atoms with Gasteiger partial charge in [-0.2, -0.15) is 0 Å². The normalized spacial score (nSPS) is 25.7. The van der Waals surface area contributed by atoms with Crippen LogP contribution >= 0.6 is 0 Å². The number of carbonyl (C=O) groups excluding carboxylic acids is 1. The summed E-state index contributed by atoms with van der Waals surface area (Å²) < 4.78 is 5.88. The van der Waals surface area contributed by atoms with Crippen LogP contribution in [0, 0.1) is 5.92 Å². The Hall–Kier alpha value is -1.15. The van der Waals surface area contributed by atoms with Gasteiger partial charge in [-0.15, -0.1) is 0 Å². The summed E-state index contributed by atoms with van der Waals surface area (Å²) in [5, 5.41) is 0. The van der Waals surface area contributed by atoms with Crippen molar-refractivity contribution in [1.29, 1.82) is 0 Å². The van der Waals surface area contributed by atoms with Crippen molar-refractivity contribution < 1.29 is 9.53 Å². The molecule has 1 aromatic carbocycles. The van der Waals surface area contributed by atoms with Crippen molar-refractivity contribution >= 4 is 5.78 Å². The number of hydrogen-bond donors (Lipinski definition) is 0. The van der Waals surface area contributed by atoms with E-state index in [9.17, 15) is 4.79 Å². The zero-order valence-corrected chi connectivity index (χ0v) is 9.69. The van der Waals surface area contributed by atoms with E-state index in [2.05, 4.69) is 19.1 Å². The van der Waals surface area contributed by atoms with Crippen LogP contribution in [0.15, 0.2) is 30.3 Å². The summed E-state index contributed by atoms with van der Waals surface area (Å²) in [6.07, 6.45) is 2.49. The lowest BCUT2D eigenvalue weighted by Gasteiger charge is -2.28. The minimum atomic E-state index is 0.248. The van der Waals surface area contributed by atoms with Crippen LogP contribution in [0.25, 0.3) is 0 Å². The molecule has 0 aromatic heterocycles. The number of hydrogen-bond acceptors (Lipinski definition) is 2. The van der Waals surface area contributed by atoms with Crippen molar-refractivity contribution in [2.45, 2.75) is 38.9 Å². The molecule has 0 bridgehead atoms. The first kappa shape index (κ1) is 11.3. The summed E-state index contributed by atoms with van der Waals surface area (Å²) in [6.45, 7) is 2.76. The first-order chi connectivity index (χ1) is 7.75. The maximum atomic E-state index is 11.2. The van der Waals surface area contributed by atoms with Crippen molar-refractivity contribution in [2.75, 3.05) is 0 Å². The zero-order valence-electron chi connectivity index (χ0n) is 9.69. The molecule has 1 fully saturated rings. The SMILES string of the molecule is CC1CC(=O)CC[C@@H]1OCc1ccccc1. The van der Waals surface area contributed by atoms with Gasteiger partial charge >= 0.3 is 0 Å². The van der Waals surface area contributed by atoms with Crippen molar-refractivity contribution in [3.05, 3.63) is 35.9 Å². The summed E-state index contributed by atoms with van der Waals surface area (Å²) in [5.74, 6) is 0.747. The smallest absolute Gasteiger partial charge is 0.133 e. The van der Waals surface area contributed by atoms with E-state index in [1.165, 1.54) is 5.56 Å². The highest BCUT2D eigenvalue weighted by Gasteiger charge is 2.26. The molecule has 0 saturated heterocycles.